The largest absolute Gasteiger partial charge is 0.383 e. The average Bonchev–Trinajstić information content (AvgIpc) is 2.63. The van der Waals surface area contributed by atoms with E-state index in [1.165, 1.54) is 0 Å². The van der Waals surface area contributed by atoms with Crippen molar-refractivity contribution in [3.8, 4) is 0 Å². The van der Waals surface area contributed by atoms with Crippen molar-refractivity contribution in [3.05, 3.63) is 45.5 Å². The third kappa shape index (κ3) is 2.14. The predicted molar refractivity (Wildman–Crippen MR) is 63.7 cm³/mol. The summed E-state index contributed by atoms with van der Waals surface area (Å²) in [7, 11) is 0. The van der Waals surface area contributed by atoms with Gasteiger partial charge in [-0.3, -0.25) is 4.79 Å². The van der Waals surface area contributed by atoms with Crippen LogP contribution in [0.2, 0.25) is 10.0 Å². The molecular formula is C12H10Cl2O2. The number of halogens is 2. The van der Waals surface area contributed by atoms with E-state index < -0.39 is 6.10 Å². The number of aliphatic hydroxyl groups is 1. The average molecular weight is 257 g/mol. The van der Waals surface area contributed by atoms with Crippen molar-refractivity contribution in [2.24, 2.45) is 0 Å². The van der Waals surface area contributed by atoms with Gasteiger partial charge >= 0.3 is 0 Å². The van der Waals surface area contributed by atoms with E-state index in [0.717, 1.165) is 0 Å². The Morgan fingerprint density at radius 1 is 1.31 bits per heavy atom. The van der Waals surface area contributed by atoms with Crippen LogP contribution in [0.25, 0.3) is 0 Å². The maximum absolute atomic E-state index is 11.5. The van der Waals surface area contributed by atoms with Gasteiger partial charge in [-0.25, -0.2) is 0 Å². The molecule has 0 bridgehead atoms. The van der Waals surface area contributed by atoms with E-state index in [9.17, 15) is 9.90 Å². The van der Waals surface area contributed by atoms with E-state index in [0.29, 0.717) is 34.0 Å². The summed E-state index contributed by atoms with van der Waals surface area (Å²) in [5.41, 5.74) is 0.955. The van der Waals surface area contributed by atoms with Crippen LogP contribution in [-0.4, -0.2) is 10.9 Å². The lowest BCUT2D eigenvalue weighted by Crippen LogP contribution is -2.08. The fourth-order valence-corrected chi connectivity index (χ4v) is 2.28. The molecule has 4 heteroatoms. The molecule has 0 aromatic heterocycles. The molecule has 0 amide bonds. The quantitative estimate of drug-likeness (QED) is 0.882. The standard InChI is InChI=1S/C12H10Cl2O2/c13-7-4-5-8(10(14)6-7)12(16)9-2-1-3-11(9)15/h2,4-6,12,16H,1,3H2. The second kappa shape index (κ2) is 4.58. The van der Waals surface area contributed by atoms with E-state index in [2.05, 4.69) is 0 Å². The van der Waals surface area contributed by atoms with Crippen LogP contribution in [0.3, 0.4) is 0 Å². The van der Waals surface area contributed by atoms with Gasteiger partial charge in [-0.1, -0.05) is 35.3 Å². The molecule has 84 valence electrons. The van der Waals surface area contributed by atoms with Gasteiger partial charge in [0.25, 0.3) is 0 Å². The molecule has 1 aliphatic carbocycles. The third-order valence-corrected chi connectivity index (χ3v) is 3.17. The Morgan fingerprint density at radius 2 is 2.06 bits per heavy atom. The Bertz CT molecular complexity index is 466. The molecule has 0 saturated heterocycles. The van der Waals surface area contributed by atoms with Crippen LogP contribution in [0.15, 0.2) is 29.8 Å². The number of aliphatic hydroxyl groups excluding tert-OH is 1. The summed E-state index contributed by atoms with van der Waals surface area (Å²) in [5.74, 6) is -0.0153. The molecule has 0 aliphatic heterocycles. The zero-order chi connectivity index (χ0) is 11.7. The van der Waals surface area contributed by atoms with E-state index in [1.807, 2.05) is 0 Å². The molecule has 1 atom stereocenters. The molecular weight excluding hydrogens is 247 g/mol. The van der Waals surface area contributed by atoms with Crippen LogP contribution >= 0.6 is 23.2 Å². The summed E-state index contributed by atoms with van der Waals surface area (Å²) in [6.45, 7) is 0. The minimum absolute atomic E-state index is 0.0153. The van der Waals surface area contributed by atoms with E-state index in [4.69, 9.17) is 23.2 Å². The molecule has 0 radical (unpaired) electrons. The van der Waals surface area contributed by atoms with Crippen molar-refractivity contribution in [2.75, 3.05) is 0 Å². The smallest absolute Gasteiger partial charge is 0.161 e. The van der Waals surface area contributed by atoms with Crippen LogP contribution in [-0.2, 0) is 4.79 Å². The Labute approximate surface area is 103 Å². The first-order chi connectivity index (χ1) is 7.59. The van der Waals surface area contributed by atoms with Crippen molar-refractivity contribution in [2.45, 2.75) is 18.9 Å². The summed E-state index contributed by atoms with van der Waals surface area (Å²) in [6.07, 6.45) is 1.98. The highest BCUT2D eigenvalue weighted by molar-refractivity contribution is 6.35. The number of carbonyl (C=O) groups excluding carboxylic acids is 1. The van der Waals surface area contributed by atoms with Gasteiger partial charge in [0, 0.05) is 27.6 Å². The van der Waals surface area contributed by atoms with Gasteiger partial charge in [-0.15, -0.1) is 0 Å². The normalized spacial score (nSPS) is 17.4. The Morgan fingerprint density at radius 3 is 2.62 bits per heavy atom. The number of hydrogen-bond donors (Lipinski definition) is 1. The SMILES string of the molecule is O=C1CCC=C1C(O)c1ccc(Cl)cc1Cl. The molecule has 0 heterocycles. The highest BCUT2D eigenvalue weighted by atomic mass is 35.5. The molecule has 1 N–H and O–H groups in total. The van der Waals surface area contributed by atoms with Crippen molar-refractivity contribution >= 4 is 29.0 Å². The Hall–Kier alpha value is -0.830. The first kappa shape index (κ1) is 11.6. The van der Waals surface area contributed by atoms with E-state index in [1.54, 1.807) is 24.3 Å². The number of rotatable bonds is 2. The van der Waals surface area contributed by atoms with Crippen LogP contribution < -0.4 is 0 Å². The molecule has 1 aromatic carbocycles. The lowest BCUT2D eigenvalue weighted by molar-refractivity contribution is -0.115. The van der Waals surface area contributed by atoms with Crippen molar-refractivity contribution in [1.82, 2.24) is 0 Å². The number of hydrogen-bond acceptors (Lipinski definition) is 2. The van der Waals surface area contributed by atoms with Crippen LogP contribution in [0.1, 0.15) is 24.5 Å². The van der Waals surface area contributed by atoms with Gasteiger partial charge in [-0.05, 0) is 18.6 Å². The monoisotopic (exact) mass is 256 g/mol. The predicted octanol–water partition coefficient (Wildman–Crippen LogP) is 3.32. The summed E-state index contributed by atoms with van der Waals surface area (Å²) in [4.78, 5) is 11.5. The number of benzene rings is 1. The minimum atomic E-state index is -0.945. The fourth-order valence-electron chi connectivity index (χ4n) is 1.77. The summed E-state index contributed by atoms with van der Waals surface area (Å²) in [6, 6.07) is 4.84. The van der Waals surface area contributed by atoms with Crippen LogP contribution in [0, 0.1) is 0 Å². The van der Waals surface area contributed by atoms with Crippen molar-refractivity contribution in [3.63, 3.8) is 0 Å². The third-order valence-electron chi connectivity index (χ3n) is 2.61. The molecule has 1 aliphatic rings. The lowest BCUT2D eigenvalue weighted by atomic mass is 10.0. The maximum Gasteiger partial charge on any atom is 0.161 e. The molecule has 16 heavy (non-hydrogen) atoms. The second-order valence-electron chi connectivity index (χ2n) is 3.69. The highest BCUT2D eigenvalue weighted by Gasteiger charge is 2.25. The summed E-state index contributed by atoms with van der Waals surface area (Å²) >= 11 is 11.7. The second-order valence-corrected chi connectivity index (χ2v) is 4.53. The van der Waals surface area contributed by atoms with Crippen molar-refractivity contribution < 1.29 is 9.90 Å². The molecule has 0 fully saturated rings. The lowest BCUT2D eigenvalue weighted by Gasteiger charge is -2.13. The molecule has 1 aromatic rings. The first-order valence-corrected chi connectivity index (χ1v) is 5.71. The summed E-state index contributed by atoms with van der Waals surface area (Å²) < 4.78 is 0. The molecule has 0 saturated carbocycles. The van der Waals surface area contributed by atoms with E-state index in [-0.39, 0.29) is 5.78 Å². The zero-order valence-electron chi connectivity index (χ0n) is 8.41. The van der Waals surface area contributed by atoms with Crippen LogP contribution in [0.4, 0.5) is 0 Å². The van der Waals surface area contributed by atoms with Gasteiger partial charge in [0.2, 0.25) is 0 Å². The Balaban J connectivity index is 2.34. The topological polar surface area (TPSA) is 37.3 Å². The number of ketones is 1. The number of carbonyl (C=O) groups is 1. The van der Waals surface area contributed by atoms with E-state index >= 15 is 0 Å². The van der Waals surface area contributed by atoms with Gasteiger partial charge in [-0.2, -0.15) is 0 Å². The zero-order valence-corrected chi connectivity index (χ0v) is 9.92. The number of allylic oxidation sites excluding steroid dienone is 1. The van der Waals surface area contributed by atoms with Crippen molar-refractivity contribution in [1.29, 1.82) is 0 Å². The first-order valence-electron chi connectivity index (χ1n) is 4.96. The fraction of sp³-hybridized carbons (Fsp3) is 0.250. The minimum Gasteiger partial charge on any atom is -0.383 e. The summed E-state index contributed by atoms with van der Waals surface area (Å²) in [5, 5.41) is 10.9. The van der Waals surface area contributed by atoms with Gasteiger partial charge < -0.3 is 5.11 Å². The highest BCUT2D eigenvalue weighted by Crippen LogP contribution is 2.33. The molecule has 2 nitrogen and oxygen atoms in total. The molecule has 2 rings (SSSR count). The maximum atomic E-state index is 11.5. The molecule has 1 unspecified atom stereocenters. The van der Waals surface area contributed by atoms with Gasteiger partial charge in [0.1, 0.15) is 6.10 Å². The molecule has 0 spiro atoms. The van der Waals surface area contributed by atoms with Gasteiger partial charge in [0.05, 0.1) is 0 Å². The van der Waals surface area contributed by atoms with Gasteiger partial charge in [0.15, 0.2) is 5.78 Å². The van der Waals surface area contributed by atoms with Crippen LogP contribution in [0.5, 0.6) is 0 Å². The Kier molecular flexibility index (Phi) is 3.33. The number of Topliss-reactive ketones (excluding diaryl/α,β-unsaturated/α-hetero) is 1.